The van der Waals surface area contributed by atoms with Crippen molar-refractivity contribution in [1.82, 2.24) is 4.90 Å². The molecule has 3 unspecified atom stereocenters. The summed E-state index contributed by atoms with van der Waals surface area (Å²) in [6.45, 7) is 6.97. The average molecular weight is 269 g/mol. The molecule has 2 heterocycles. The van der Waals surface area contributed by atoms with Gasteiger partial charge in [0.25, 0.3) is 0 Å². The molecule has 3 rings (SSSR count). The molecule has 1 N–H and O–H groups in total. The summed E-state index contributed by atoms with van der Waals surface area (Å²) < 4.78 is 10.8. The van der Waals surface area contributed by atoms with Gasteiger partial charge in [0.2, 0.25) is 0 Å². The molecule has 0 aromatic rings. The van der Waals surface area contributed by atoms with E-state index in [-0.39, 0.29) is 29.8 Å². The van der Waals surface area contributed by atoms with Gasteiger partial charge in [0.1, 0.15) is 11.7 Å². The fourth-order valence-corrected chi connectivity index (χ4v) is 3.43. The Hall–Kier alpha value is -0.810. The highest BCUT2D eigenvalue weighted by atomic mass is 16.6. The molecule has 2 aliphatic heterocycles. The lowest BCUT2D eigenvalue weighted by molar-refractivity contribution is -0.0465. The molecule has 1 amide bonds. The number of piperidine rings is 1. The number of aliphatic hydroxyl groups is 1. The second kappa shape index (κ2) is 4.09. The first-order valence-corrected chi connectivity index (χ1v) is 7.12. The Morgan fingerprint density at radius 2 is 2.00 bits per heavy atom. The number of ether oxygens (including phenoxy) is 2. The van der Waals surface area contributed by atoms with E-state index in [9.17, 15) is 9.90 Å². The summed E-state index contributed by atoms with van der Waals surface area (Å²) in [5.41, 5.74) is -0.472. The minimum absolute atomic E-state index is 0.0217. The second-order valence-corrected chi connectivity index (χ2v) is 7.12. The molecule has 0 aromatic heterocycles. The van der Waals surface area contributed by atoms with Crippen LogP contribution < -0.4 is 0 Å². The van der Waals surface area contributed by atoms with E-state index in [0.717, 1.165) is 19.3 Å². The van der Waals surface area contributed by atoms with Crippen LogP contribution in [0.1, 0.15) is 40.0 Å². The molecule has 3 aliphatic rings. The van der Waals surface area contributed by atoms with Crippen LogP contribution >= 0.6 is 0 Å². The van der Waals surface area contributed by atoms with Crippen LogP contribution in [0.3, 0.4) is 0 Å². The Morgan fingerprint density at radius 3 is 2.47 bits per heavy atom. The van der Waals surface area contributed by atoms with Crippen LogP contribution in [0.5, 0.6) is 0 Å². The van der Waals surface area contributed by atoms with E-state index in [1.165, 1.54) is 0 Å². The Balaban J connectivity index is 1.56. The van der Waals surface area contributed by atoms with Gasteiger partial charge in [-0.3, -0.25) is 0 Å². The lowest BCUT2D eigenvalue weighted by atomic mass is 9.74. The number of hydrogen-bond acceptors (Lipinski definition) is 4. The molecule has 0 aromatic carbocycles. The van der Waals surface area contributed by atoms with Crippen molar-refractivity contribution >= 4 is 6.09 Å². The van der Waals surface area contributed by atoms with Crippen molar-refractivity contribution in [2.24, 2.45) is 5.41 Å². The smallest absolute Gasteiger partial charge is 0.410 e. The molecule has 5 nitrogen and oxygen atoms in total. The number of aliphatic hydroxyl groups excluding tert-OH is 1. The molecule has 1 saturated carbocycles. The number of carbonyl (C=O) groups is 1. The van der Waals surface area contributed by atoms with Crippen molar-refractivity contribution in [2.45, 2.75) is 63.9 Å². The maximum absolute atomic E-state index is 12.0. The number of amides is 1. The highest BCUT2D eigenvalue weighted by Crippen LogP contribution is 2.54. The number of rotatable bonds is 0. The normalized spacial score (nSPS) is 36.2. The molecular weight excluding hydrogens is 246 g/mol. The van der Waals surface area contributed by atoms with Crippen molar-refractivity contribution in [2.75, 3.05) is 13.1 Å². The summed E-state index contributed by atoms with van der Waals surface area (Å²) in [4.78, 5) is 13.7. The largest absolute Gasteiger partial charge is 0.444 e. The molecule has 0 bridgehead atoms. The molecule has 5 heteroatoms. The first-order valence-electron chi connectivity index (χ1n) is 7.12. The average Bonchev–Trinajstić information content (AvgIpc) is 3.00. The van der Waals surface area contributed by atoms with Gasteiger partial charge in [-0.25, -0.2) is 4.79 Å². The van der Waals surface area contributed by atoms with Crippen LogP contribution in [0, 0.1) is 5.41 Å². The van der Waals surface area contributed by atoms with Crippen LogP contribution in [0.25, 0.3) is 0 Å². The standard InChI is InChI=1S/C14H23NO4/c1-13(2,3)19-12(17)15-6-4-14(5-7-15)8-9-10(18-9)11(14)16/h9-11,16H,4-8H2,1-3H3. The zero-order valence-corrected chi connectivity index (χ0v) is 11.9. The Bertz CT molecular complexity index is 381. The maximum atomic E-state index is 12.0. The molecule has 1 aliphatic carbocycles. The van der Waals surface area contributed by atoms with E-state index in [1.54, 1.807) is 4.90 Å². The quantitative estimate of drug-likeness (QED) is 0.678. The number of hydrogen-bond donors (Lipinski definition) is 1. The topological polar surface area (TPSA) is 62.3 Å². The van der Waals surface area contributed by atoms with Crippen LogP contribution in [0.15, 0.2) is 0 Å². The van der Waals surface area contributed by atoms with Crippen molar-refractivity contribution in [3.8, 4) is 0 Å². The van der Waals surface area contributed by atoms with E-state index < -0.39 is 5.60 Å². The summed E-state index contributed by atoms with van der Waals surface area (Å²) in [5.74, 6) is 0. The van der Waals surface area contributed by atoms with E-state index in [0.29, 0.717) is 13.1 Å². The Labute approximate surface area is 113 Å². The van der Waals surface area contributed by atoms with E-state index >= 15 is 0 Å². The minimum atomic E-state index is -0.450. The van der Waals surface area contributed by atoms with E-state index in [4.69, 9.17) is 9.47 Å². The first kappa shape index (κ1) is 13.2. The highest BCUT2D eigenvalue weighted by Gasteiger charge is 2.63. The molecule has 3 fully saturated rings. The number of epoxide rings is 1. The Kier molecular flexibility index (Phi) is 2.84. The number of fused-ring (bicyclic) bond motifs is 1. The third-order valence-corrected chi connectivity index (χ3v) is 4.58. The lowest BCUT2D eigenvalue weighted by Crippen LogP contribution is -2.48. The van der Waals surface area contributed by atoms with Gasteiger partial charge in [-0.2, -0.15) is 0 Å². The van der Waals surface area contributed by atoms with Crippen LogP contribution in [0.4, 0.5) is 4.79 Å². The fraction of sp³-hybridized carbons (Fsp3) is 0.929. The maximum Gasteiger partial charge on any atom is 0.410 e. The summed E-state index contributed by atoms with van der Waals surface area (Å²) in [6, 6.07) is 0. The monoisotopic (exact) mass is 269 g/mol. The summed E-state index contributed by atoms with van der Waals surface area (Å²) >= 11 is 0. The van der Waals surface area contributed by atoms with Gasteiger partial charge < -0.3 is 19.5 Å². The SMILES string of the molecule is CC(C)(C)OC(=O)N1CCC2(CC1)CC1OC1C2O. The van der Waals surface area contributed by atoms with E-state index in [2.05, 4.69) is 0 Å². The lowest BCUT2D eigenvalue weighted by Gasteiger charge is -2.42. The van der Waals surface area contributed by atoms with Gasteiger partial charge in [0.15, 0.2) is 0 Å². The number of likely N-dealkylation sites (tertiary alicyclic amines) is 1. The van der Waals surface area contributed by atoms with Gasteiger partial charge in [0.05, 0.1) is 12.2 Å². The van der Waals surface area contributed by atoms with Gasteiger partial charge in [0, 0.05) is 18.5 Å². The number of carbonyl (C=O) groups excluding carboxylic acids is 1. The van der Waals surface area contributed by atoms with Crippen molar-refractivity contribution in [1.29, 1.82) is 0 Å². The van der Waals surface area contributed by atoms with Crippen LogP contribution in [0.2, 0.25) is 0 Å². The predicted molar refractivity (Wildman–Crippen MR) is 68.8 cm³/mol. The van der Waals surface area contributed by atoms with Crippen molar-refractivity contribution in [3.05, 3.63) is 0 Å². The molecule has 3 atom stereocenters. The molecule has 1 spiro atoms. The van der Waals surface area contributed by atoms with Crippen molar-refractivity contribution in [3.63, 3.8) is 0 Å². The first-order chi connectivity index (χ1) is 8.81. The molecule has 0 radical (unpaired) electrons. The van der Waals surface area contributed by atoms with Gasteiger partial charge >= 0.3 is 6.09 Å². The third-order valence-electron chi connectivity index (χ3n) is 4.58. The van der Waals surface area contributed by atoms with Gasteiger partial charge in [-0.15, -0.1) is 0 Å². The highest BCUT2D eigenvalue weighted by molar-refractivity contribution is 5.68. The minimum Gasteiger partial charge on any atom is -0.444 e. The summed E-state index contributed by atoms with van der Waals surface area (Å²) in [6.07, 6.45) is 2.39. The summed E-state index contributed by atoms with van der Waals surface area (Å²) in [7, 11) is 0. The molecular formula is C14H23NO4. The summed E-state index contributed by atoms with van der Waals surface area (Å²) in [5, 5.41) is 10.3. The predicted octanol–water partition coefficient (Wildman–Crippen LogP) is 1.54. The van der Waals surface area contributed by atoms with Crippen LogP contribution in [-0.4, -0.2) is 53.1 Å². The van der Waals surface area contributed by atoms with Crippen LogP contribution in [-0.2, 0) is 9.47 Å². The van der Waals surface area contributed by atoms with E-state index in [1.807, 2.05) is 20.8 Å². The fourth-order valence-electron chi connectivity index (χ4n) is 3.43. The van der Waals surface area contributed by atoms with Crippen molar-refractivity contribution < 1.29 is 19.4 Å². The zero-order chi connectivity index (χ0) is 13.8. The second-order valence-electron chi connectivity index (χ2n) is 7.12. The number of nitrogens with zero attached hydrogens (tertiary/aromatic N) is 1. The molecule has 2 saturated heterocycles. The van der Waals surface area contributed by atoms with Gasteiger partial charge in [-0.05, 0) is 40.0 Å². The molecule has 108 valence electrons. The molecule has 19 heavy (non-hydrogen) atoms. The van der Waals surface area contributed by atoms with Gasteiger partial charge in [-0.1, -0.05) is 0 Å². The third kappa shape index (κ3) is 2.34. The zero-order valence-electron chi connectivity index (χ0n) is 11.9. The Morgan fingerprint density at radius 1 is 1.37 bits per heavy atom.